The van der Waals surface area contributed by atoms with E-state index in [9.17, 15) is 4.79 Å². The van der Waals surface area contributed by atoms with Crippen molar-refractivity contribution in [2.75, 3.05) is 6.61 Å². The van der Waals surface area contributed by atoms with Crippen LogP contribution in [0.3, 0.4) is 0 Å². The second kappa shape index (κ2) is 5.50. The summed E-state index contributed by atoms with van der Waals surface area (Å²) < 4.78 is 9.25. The Kier molecular flexibility index (Phi) is 4.29. The van der Waals surface area contributed by atoms with E-state index < -0.39 is 6.16 Å². The summed E-state index contributed by atoms with van der Waals surface area (Å²) in [5.41, 5.74) is 0. The summed E-state index contributed by atoms with van der Waals surface area (Å²) in [5, 5.41) is 0.441. The van der Waals surface area contributed by atoms with Crippen molar-refractivity contribution < 1.29 is 14.3 Å². The van der Waals surface area contributed by atoms with E-state index in [0.717, 1.165) is 0 Å². The zero-order chi connectivity index (χ0) is 11.3. The summed E-state index contributed by atoms with van der Waals surface area (Å²) in [7, 11) is 0. The summed E-state index contributed by atoms with van der Waals surface area (Å²) in [6, 6.07) is 4.66. The number of benzene rings is 1. The first-order chi connectivity index (χ1) is 7.15. The average Bonchev–Trinajstić information content (AvgIpc) is 2.22. The van der Waals surface area contributed by atoms with E-state index in [1.54, 1.807) is 12.1 Å². The van der Waals surface area contributed by atoms with E-state index in [1.807, 2.05) is 0 Å². The quantitative estimate of drug-likeness (QED) is 0.456. The molecule has 0 unspecified atom stereocenters. The second-order valence-corrected chi connectivity index (χ2v) is 3.18. The van der Waals surface area contributed by atoms with Gasteiger partial charge in [0.15, 0.2) is 12.4 Å². The Balaban J connectivity index is 2.69. The molecule has 3 nitrogen and oxygen atoms in total. The van der Waals surface area contributed by atoms with Crippen molar-refractivity contribution in [3.8, 4) is 18.1 Å². The number of carbonyl (C=O) groups is 1. The second-order valence-electron chi connectivity index (χ2n) is 2.40. The Bertz CT molecular complexity index is 410. The molecule has 0 bridgehead atoms. The van der Waals surface area contributed by atoms with Crippen LogP contribution in [-0.4, -0.2) is 12.8 Å². The van der Waals surface area contributed by atoms with Crippen LogP contribution in [0.4, 0.5) is 4.79 Å². The molecule has 0 radical (unpaired) electrons. The van der Waals surface area contributed by atoms with Crippen LogP contribution in [0, 0.1) is 12.3 Å². The first-order valence-corrected chi connectivity index (χ1v) is 4.63. The van der Waals surface area contributed by atoms with Crippen LogP contribution in [0.1, 0.15) is 0 Å². The van der Waals surface area contributed by atoms with Gasteiger partial charge in [-0.1, -0.05) is 35.2 Å². The van der Waals surface area contributed by atoms with Gasteiger partial charge < -0.3 is 9.47 Å². The maximum Gasteiger partial charge on any atom is 0.514 e. The molecule has 5 heteroatoms. The normalized spacial score (nSPS) is 9.13. The monoisotopic (exact) mass is 244 g/mol. The number of ether oxygens (including phenoxy) is 2. The predicted molar refractivity (Wildman–Crippen MR) is 57.3 cm³/mol. The van der Waals surface area contributed by atoms with Gasteiger partial charge in [-0.05, 0) is 12.1 Å². The van der Waals surface area contributed by atoms with E-state index >= 15 is 0 Å². The lowest BCUT2D eigenvalue weighted by Gasteiger charge is -2.05. The lowest BCUT2D eigenvalue weighted by molar-refractivity contribution is 0.111. The third kappa shape index (κ3) is 3.35. The number of rotatable bonds is 2. The van der Waals surface area contributed by atoms with Gasteiger partial charge in [0.05, 0.1) is 5.02 Å². The van der Waals surface area contributed by atoms with E-state index in [-0.39, 0.29) is 17.4 Å². The summed E-state index contributed by atoms with van der Waals surface area (Å²) in [4.78, 5) is 11.0. The van der Waals surface area contributed by atoms with E-state index in [1.165, 1.54) is 6.07 Å². The molecule has 0 N–H and O–H groups in total. The zero-order valence-electron chi connectivity index (χ0n) is 7.50. The van der Waals surface area contributed by atoms with Gasteiger partial charge >= 0.3 is 6.16 Å². The Labute approximate surface area is 96.9 Å². The van der Waals surface area contributed by atoms with Gasteiger partial charge in [-0.2, -0.15) is 0 Å². The highest BCUT2D eigenvalue weighted by molar-refractivity contribution is 6.42. The van der Waals surface area contributed by atoms with Crippen LogP contribution in [-0.2, 0) is 4.74 Å². The summed E-state index contributed by atoms with van der Waals surface area (Å²) >= 11 is 11.5. The number of terminal acetylenes is 1. The topological polar surface area (TPSA) is 35.5 Å². The molecule has 1 aromatic rings. The molecule has 0 atom stereocenters. The lowest BCUT2D eigenvalue weighted by atomic mass is 10.3. The first kappa shape index (κ1) is 11.7. The fourth-order valence-electron chi connectivity index (χ4n) is 0.783. The van der Waals surface area contributed by atoms with Crippen molar-refractivity contribution in [1.82, 2.24) is 0 Å². The molecule has 0 aliphatic heterocycles. The first-order valence-electron chi connectivity index (χ1n) is 3.87. The molecule has 0 aliphatic rings. The van der Waals surface area contributed by atoms with Gasteiger partial charge in [0.1, 0.15) is 5.02 Å². The Morgan fingerprint density at radius 3 is 2.87 bits per heavy atom. The van der Waals surface area contributed by atoms with Gasteiger partial charge in [-0.15, -0.1) is 6.42 Å². The SMILES string of the molecule is C#CCOC(=O)Oc1cccc(Cl)c1Cl. The molecular weight excluding hydrogens is 239 g/mol. The van der Waals surface area contributed by atoms with Gasteiger partial charge in [-0.3, -0.25) is 0 Å². The Morgan fingerprint density at radius 1 is 1.47 bits per heavy atom. The molecule has 0 aliphatic carbocycles. The van der Waals surface area contributed by atoms with Crippen molar-refractivity contribution in [1.29, 1.82) is 0 Å². The smallest absolute Gasteiger partial charge is 0.421 e. The minimum atomic E-state index is -0.919. The van der Waals surface area contributed by atoms with Gasteiger partial charge in [0, 0.05) is 0 Å². The standard InChI is InChI=1S/C10H6Cl2O3/c1-2-6-14-10(13)15-8-5-3-4-7(11)9(8)12/h1,3-5H,6H2. The van der Waals surface area contributed by atoms with Crippen LogP contribution in [0.15, 0.2) is 18.2 Å². The Morgan fingerprint density at radius 2 is 2.20 bits per heavy atom. The molecular formula is C10H6Cl2O3. The van der Waals surface area contributed by atoms with Gasteiger partial charge in [0.2, 0.25) is 0 Å². The van der Waals surface area contributed by atoms with Gasteiger partial charge in [0.25, 0.3) is 0 Å². The molecule has 1 rings (SSSR count). The lowest BCUT2D eigenvalue weighted by Crippen LogP contribution is -2.10. The molecule has 15 heavy (non-hydrogen) atoms. The van der Waals surface area contributed by atoms with Crippen molar-refractivity contribution in [2.45, 2.75) is 0 Å². The van der Waals surface area contributed by atoms with Crippen molar-refractivity contribution in [3.63, 3.8) is 0 Å². The largest absolute Gasteiger partial charge is 0.514 e. The molecule has 1 aromatic carbocycles. The van der Waals surface area contributed by atoms with Crippen LogP contribution in [0.5, 0.6) is 5.75 Å². The third-order valence-corrected chi connectivity index (χ3v) is 2.18. The molecule has 0 saturated heterocycles. The summed E-state index contributed by atoms with van der Waals surface area (Å²) in [6.07, 6.45) is 3.97. The molecule has 0 fully saturated rings. The molecule has 0 spiro atoms. The van der Waals surface area contributed by atoms with Crippen LogP contribution >= 0.6 is 23.2 Å². The maximum absolute atomic E-state index is 11.0. The van der Waals surface area contributed by atoms with E-state index in [4.69, 9.17) is 34.4 Å². The Hall–Kier alpha value is -1.37. The fraction of sp³-hybridized carbons (Fsp3) is 0.100. The van der Waals surface area contributed by atoms with Crippen LogP contribution in [0.25, 0.3) is 0 Å². The van der Waals surface area contributed by atoms with Crippen molar-refractivity contribution >= 4 is 29.4 Å². The minimum absolute atomic E-state index is 0.131. The summed E-state index contributed by atoms with van der Waals surface area (Å²) in [5.74, 6) is 2.26. The molecule has 78 valence electrons. The van der Waals surface area contributed by atoms with E-state index in [0.29, 0.717) is 5.02 Å². The van der Waals surface area contributed by atoms with Gasteiger partial charge in [-0.25, -0.2) is 4.79 Å². The molecule has 0 aromatic heterocycles. The molecule has 0 heterocycles. The zero-order valence-corrected chi connectivity index (χ0v) is 9.01. The third-order valence-electron chi connectivity index (χ3n) is 1.38. The van der Waals surface area contributed by atoms with Crippen LogP contribution in [0.2, 0.25) is 10.0 Å². The maximum atomic E-state index is 11.0. The number of carbonyl (C=O) groups excluding carboxylic acids is 1. The number of halogens is 2. The number of hydrogen-bond donors (Lipinski definition) is 0. The summed E-state index contributed by atoms with van der Waals surface area (Å²) in [6.45, 7) is -0.156. The minimum Gasteiger partial charge on any atom is -0.421 e. The highest BCUT2D eigenvalue weighted by Crippen LogP contribution is 2.31. The highest BCUT2D eigenvalue weighted by Gasteiger charge is 2.10. The van der Waals surface area contributed by atoms with Crippen LogP contribution < -0.4 is 4.74 Å². The molecule has 0 saturated carbocycles. The highest BCUT2D eigenvalue weighted by atomic mass is 35.5. The van der Waals surface area contributed by atoms with Crippen molar-refractivity contribution in [3.05, 3.63) is 28.2 Å². The number of hydrogen-bond acceptors (Lipinski definition) is 3. The fourth-order valence-corrected chi connectivity index (χ4v) is 1.11. The van der Waals surface area contributed by atoms with Crippen molar-refractivity contribution in [2.24, 2.45) is 0 Å². The molecule has 0 amide bonds. The average molecular weight is 245 g/mol. The predicted octanol–water partition coefficient (Wildman–Crippen LogP) is 3.14. The van der Waals surface area contributed by atoms with E-state index in [2.05, 4.69) is 10.7 Å².